The molecule has 34 heavy (non-hydrogen) atoms. The van der Waals surface area contributed by atoms with Crippen molar-refractivity contribution in [3.05, 3.63) is 89.4 Å². The van der Waals surface area contributed by atoms with Crippen LogP contribution in [0, 0.1) is 0 Å². The Balaban J connectivity index is 1.53. The molecule has 0 aliphatic rings. The van der Waals surface area contributed by atoms with Gasteiger partial charge in [-0.1, -0.05) is 65.4 Å². The van der Waals surface area contributed by atoms with E-state index in [-0.39, 0.29) is 12.5 Å². The fourth-order valence-corrected chi connectivity index (χ4v) is 4.09. The summed E-state index contributed by atoms with van der Waals surface area (Å²) in [5, 5.41) is 7.02. The molecule has 4 aromatic rings. The minimum atomic E-state index is -0.400. The lowest BCUT2D eigenvalue weighted by atomic mass is 10.1. The Labute approximate surface area is 205 Å². The zero-order valence-corrected chi connectivity index (χ0v) is 19.7. The Morgan fingerprint density at radius 3 is 2.29 bits per heavy atom. The van der Waals surface area contributed by atoms with Crippen LogP contribution in [0.15, 0.2) is 78.9 Å². The van der Waals surface area contributed by atoms with Gasteiger partial charge in [0.15, 0.2) is 23.2 Å². The molecule has 0 fully saturated rings. The highest BCUT2D eigenvalue weighted by molar-refractivity contribution is 7.20. The number of thiazole rings is 1. The van der Waals surface area contributed by atoms with E-state index in [1.54, 1.807) is 66.7 Å². The first-order valence-electron chi connectivity index (χ1n) is 10.2. The van der Waals surface area contributed by atoms with E-state index in [9.17, 15) is 9.59 Å². The van der Waals surface area contributed by atoms with Gasteiger partial charge in [-0.25, -0.2) is 4.98 Å². The van der Waals surface area contributed by atoms with Gasteiger partial charge >= 0.3 is 0 Å². The van der Waals surface area contributed by atoms with Crippen molar-refractivity contribution in [3.8, 4) is 22.8 Å². The van der Waals surface area contributed by atoms with Crippen LogP contribution in [0.1, 0.15) is 10.4 Å². The highest BCUT2D eigenvalue weighted by atomic mass is 35.5. The summed E-state index contributed by atoms with van der Waals surface area (Å²) in [5.41, 5.74) is 1.77. The zero-order valence-electron chi connectivity index (χ0n) is 18.1. The zero-order chi connectivity index (χ0) is 23.9. The minimum Gasteiger partial charge on any atom is -0.493 e. The van der Waals surface area contributed by atoms with Gasteiger partial charge in [0.1, 0.15) is 10.7 Å². The van der Waals surface area contributed by atoms with E-state index in [4.69, 9.17) is 21.1 Å². The molecule has 2 N–H and O–H groups in total. The monoisotopic (exact) mass is 493 g/mol. The number of carbonyl (C=O) groups excluding carboxylic acids is 2. The number of benzene rings is 3. The van der Waals surface area contributed by atoms with Crippen LogP contribution in [-0.4, -0.2) is 30.5 Å². The lowest BCUT2D eigenvalue weighted by molar-refractivity contribution is -0.118. The van der Waals surface area contributed by atoms with Crippen molar-refractivity contribution >= 4 is 44.9 Å². The second kappa shape index (κ2) is 10.8. The molecule has 0 atom stereocenters. The normalized spacial score (nSPS) is 10.4. The first-order valence-corrected chi connectivity index (χ1v) is 11.4. The SMILES string of the molecule is COc1ccccc1OCC(=O)Nc1nc(-c2ccc(Cl)cc2)c(NC(=O)c2ccccc2)s1. The van der Waals surface area contributed by atoms with Gasteiger partial charge in [0.25, 0.3) is 11.8 Å². The molecule has 1 aromatic heterocycles. The summed E-state index contributed by atoms with van der Waals surface area (Å²) >= 11 is 7.17. The summed E-state index contributed by atoms with van der Waals surface area (Å²) in [5.74, 6) is 0.303. The predicted molar refractivity (Wildman–Crippen MR) is 134 cm³/mol. The number of hydrogen-bond acceptors (Lipinski definition) is 6. The first kappa shape index (κ1) is 23.3. The summed E-state index contributed by atoms with van der Waals surface area (Å²) in [7, 11) is 1.53. The Morgan fingerprint density at radius 1 is 0.912 bits per heavy atom. The number of anilines is 2. The summed E-state index contributed by atoms with van der Waals surface area (Å²) in [6, 6.07) is 23.0. The van der Waals surface area contributed by atoms with Crippen molar-refractivity contribution in [3.63, 3.8) is 0 Å². The van der Waals surface area contributed by atoms with Crippen molar-refractivity contribution < 1.29 is 19.1 Å². The van der Waals surface area contributed by atoms with E-state index in [1.807, 2.05) is 12.1 Å². The van der Waals surface area contributed by atoms with Crippen LogP contribution in [0.2, 0.25) is 5.02 Å². The molecule has 0 unspecified atom stereocenters. The molecular weight excluding hydrogens is 474 g/mol. The maximum Gasteiger partial charge on any atom is 0.264 e. The fraction of sp³-hybridized carbons (Fsp3) is 0.0800. The second-order valence-electron chi connectivity index (χ2n) is 7.01. The van der Waals surface area contributed by atoms with Crippen molar-refractivity contribution in [2.75, 3.05) is 24.4 Å². The quantitative estimate of drug-likeness (QED) is 0.326. The third-order valence-electron chi connectivity index (χ3n) is 4.68. The Kier molecular flexibility index (Phi) is 7.41. The second-order valence-corrected chi connectivity index (χ2v) is 8.45. The summed E-state index contributed by atoms with van der Waals surface area (Å²) < 4.78 is 10.8. The number of ether oxygens (including phenoxy) is 2. The number of para-hydroxylation sites is 2. The molecule has 7 nitrogen and oxygen atoms in total. The molecule has 0 saturated heterocycles. The van der Waals surface area contributed by atoms with E-state index >= 15 is 0 Å². The van der Waals surface area contributed by atoms with Gasteiger partial charge < -0.3 is 14.8 Å². The molecule has 172 valence electrons. The standard InChI is InChI=1S/C25H20ClN3O4S/c1-32-19-9-5-6-10-20(19)33-15-21(30)27-25-28-22(16-11-13-18(26)14-12-16)24(34-25)29-23(31)17-7-3-2-4-8-17/h2-14H,15H2,1H3,(H,29,31)(H,27,28,30). The smallest absolute Gasteiger partial charge is 0.264 e. The lowest BCUT2D eigenvalue weighted by Gasteiger charge is -2.09. The number of hydrogen-bond donors (Lipinski definition) is 2. The summed E-state index contributed by atoms with van der Waals surface area (Å²) in [6.45, 7) is -0.234. The number of halogens is 1. The molecule has 9 heteroatoms. The van der Waals surface area contributed by atoms with Gasteiger partial charge in [-0.05, 0) is 36.4 Å². The molecule has 0 saturated carbocycles. The van der Waals surface area contributed by atoms with E-state index in [1.165, 1.54) is 7.11 Å². The number of carbonyl (C=O) groups is 2. The highest BCUT2D eigenvalue weighted by Crippen LogP contribution is 2.36. The van der Waals surface area contributed by atoms with Crippen LogP contribution in [0.3, 0.4) is 0 Å². The van der Waals surface area contributed by atoms with Gasteiger partial charge in [0, 0.05) is 16.1 Å². The van der Waals surface area contributed by atoms with Crippen LogP contribution in [-0.2, 0) is 4.79 Å². The number of nitrogens with zero attached hydrogens (tertiary/aromatic N) is 1. The molecule has 4 rings (SSSR count). The molecular formula is C25H20ClN3O4S. The molecule has 0 bridgehead atoms. The molecule has 1 heterocycles. The average molecular weight is 494 g/mol. The molecule has 0 aliphatic carbocycles. The van der Waals surface area contributed by atoms with Gasteiger partial charge in [0.2, 0.25) is 0 Å². The maximum atomic E-state index is 12.7. The molecule has 0 radical (unpaired) electrons. The van der Waals surface area contributed by atoms with Crippen molar-refractivity contribution in [2.45, 2.75) is 0 Å². The fourth-order valence-electron chi connectivity index (χ4n) is 3.06. The van der Waals surface area contributed by atoms with E-state index < -0.39 is 5.91 Å². The van der Waals surface area contributed by atoms with Crippen LogP contribution in [0.4, 0.5) is 10.1 Å². The van der Waals surface area contributed by atoms with Gasteiger partial charge in [-0.3, -0.25) is 14.9 Å². The number of aromatic nitrogens is 1. The van der Waals surface area contributed by atoms with E-state index in [0.29, 0.717) is 37.9 Å². The van der Waals surface area contributed by atoms with Crippen molar-refractivity contribution in [1.82, 2.24) is 4.98 Å². The third-order valence-corrected chi connectivity index (χ3v) is 5.82. The number of nitrogens with one attached hydrogen (secondary N) is 2. The summed E-state index contributed by atoms with van der Waals surface area (Å²) in [6.07, 6.45) is 0. The van der Waals surface area contributed by atoms with Crippen molar-refractivity contribution in [1.29, 1.82) is 0 Å². The third kappa shape index (κ3) is 5.72. The summed E-state index contributed by atoms with van der Waals surface area (Å²) in [4.78, 5) is 29.8. The minimum absolute atomic E-state index is 0.234. The maximum absolute atomic E-state index is 12.7. The highest BCUT2D eigenvalue weighted by Gasteiger charge is 2.18. The predicted octanol–water partition coefficient (Wildman–Crippen LogP) is 5.74. The Bertz CT molecular complexity index is 1290. The number of methoxy groups -OCH3 is 1. The first-order chi connectivity index (χ1) is 16.5. The Hall–Kier alpha value is -3.88. The molecule has 2 amide bonds. The lowest BCUT2D eigenvalue weighted by Crippen LogP contribution is -2.20. The largest absolute Gasteiger partial charge is 0.493 e. The Morgan fingerprint density at radius 2 is 1.59 bits per heavy atom. The van der Waals surface area contributed by atoms with Gasteiger partial charge in [-0.15, -0.1) is 0 Å². The number of amides is 2. The van der Waals surface area contributed by atoms with Crippen LogP contribution >= 0.6 is 22.9 Å². The van der Waals surface area contributed by atoms with Crippen LogP contribution < -0.4 is 20.1 Å². The van der Waals surface area contributed by atoms with Gasteiger partial charge in [-0.2, -0.15) is 0 Å². The molecule has 0 spiro atoms. The molecule has 3 aromatic carbocycles. The van der Waals surface area contributed by atoms with Crippen LogP contribution in [0.5, 0.6) is 11.5 Å². The van der Waals surface area contributed by atoms with E-state index in [0.717, 1.165) is 16.9 Å². The van der Waals surface area contributed by atoms with Crippen LogP contribution in [0.25, 0.3) is 11.3 Å². The molecule has 0 aliphatic heterocycles. The van der Waals surface area contributed by atoms with Crippen molar-refractivity contribution in [2.24, 2.45) is 0 Å². The number of rotatable bonds is 8. The average Bonchev–Trinajstić information content (AvgIpc) is 3.25. The topological polar surface area (TPSA) is 89.6 Å². The van der Waals surface area contributed by atoms with Gasteiger partial charge in [0.05, 0.1) is 7.11 Å². The van der Waals surface area contributed by atoms with E-state index in [2.05, 4.69) is 15.6 Å².